The molecule has 0 aliphatic carbocycles. The number of hydrogen-bond acceptors (Lipinski definition) is 5. The fourth-order valence-electron chi connectivity index (χ4n) is 1.54. The predicted octanol–water partition coefficient (Wildman–Crippen LogP) is 1.07. The van der Waals surface area contributed by atoms with E-state index in [1.165, 1.54) is 0 Å². The fraction of sp³-hybridized carbons (Fsp3) is 0.667. The highest BCUT2D eigenvalue weighted by Gasteiger charge is 2.05. The minimum Gasteiger partial charge on any atom is -0.385 e. The molecule has 2 N–H and O–H groups in total. The lowest BCUT2D eigenvalue weighted by atomic mass is 10.4. The molecule has 0 bridgehead atoms. The first-order chi connectivity index (χ1) is 9.11. The molecule has 0 saturated heterocycles. The lowest BCUT2D eigenvalue weighted by Gasteiger charge is -2.16. The lowest BCUT2D eigenvalue weighted by Crippen LogP contribution is -2.36. The highest BCUT2D eigenvalue weighted by atomic mass is 16.5. The molecule has 0 fully saturated rings. The molecule has 108 valence electrons. The molecule has 0 aromatic carbocycles. The Morgan fingerprint density at radius 1 is 1.53 bits per heavy atom. The van der Waals surface area contributed by atoms with Gasteiger partial charge in [-0.3, -0.25) is 5.32 Å². The molecular weight excluding hydrogens is 248 g/mol. The summed E-state index contributed by atoms with van der Waals surface area (Å²) in [6.45, 7) is 4.83. The van der Waals surface area contributed by atoms with Crippen LogP contribution < -0.4 is 10.6 Å². The van der Waals surface area contributed by atoms with Gasteiger partial charge in [0.15, 0.2) is 5.82 Å². The van der Waals surface area contributed by atoms with Crippen LogP contribution in [0.3, 0.4) is 0 Å². The first-order valence-corrected chi connectivity index (χ1v) is 6.27. The summed E-state index contributed by atoms with van der Waals surface area (Å²) < 4.78 is 9.83. The average molecular weight is 270 g/mol. The van der Waals surface area contributed by atoms with Crippen LogP contribution in [0.25, 0.3) is 0 Å². The first-order valence-electron chi connectivity index (χ1n) is 6.27. The third-order valence-corrected chi connectivity index (χ3v) is 2.54. The van der Waals surface area contributed by atoms with Crippen LogP contribution in [0.1, 0.15) is 12.2 Å². The van der Waals surface area contributed by atoms with Gasteiger partial charge in [0.2, 0.25) is 0 Å². The third-order valence-electron chi connectivity index (χ3n) is 2.54. The molecule has 0 atom stereocenters. The van der Waals surface area contributed by atoms with Gasteiger partial charge in [0.25, 0.3) is 0 Å². The van der Waals surface area contributed by atoms with Gasteiger partial charge in [-0.05, 0) is 20.4 Å². The summed E-state index contributed by atoms with van der Waals surface area (Å²) >= 11 is 0. The lowest BCUT2D eigenvalue weighted by molar-refractivity contribution is 0.179. The van der Waals surface area contributed by atoms with Gasteiger partial charge >= 0.3 is 6.03 Å². The minimum absolute atomic E-state index is 0.279. The van der Waals surface area contributed by atoms with E-state index in [0.29, 0.717) is 18.1 Å². The molecule has 0 unspecified atom stereocenters. The second-order valence-electron chi connectivity index (χ2n) is 4.35. The molecule has 7 heteroatoms. The second kappa shape index (κ2) is 8.49. The van der Waals surface area contributed by atoms with Gasteiger partial charge in [0, 0.05) is 39.4 Å². The standard InChI is InChI=1S/C12H22N4O3/c1-10-9-11(15-19-10)14-12(17)13-5-7-16(2)6-4-8-18-3/h9H,4-8H2,1-3H3,(H2,13,14,15,17). The number of hydrogen-bond donors (Lipinski definition) is 2. The van der Waals surface area contributed by atoms with Crippen molar-refractivity contribution in [3.8, 4) is 0 Å². The number of amides is 2. The van der Waals surface area contributed by atoms with E-state index in [-0.39, 0.29) is 6.03 Å². The third kappa shape index (κ3) is 6.78. The van der Waals surface area contributed by atoms with Crippen molar-refractivity contribution < 1.29 is 14.1 Å². The Morgan fingerprint density at radius 3 is 2.95 bits per heavy atom. The van der Waals surface area contributed by atoms with Crippen molar-refractivity contribution in [3.63, 3.8) is 0 Å². The molecule has 0 saturated carbocycles. The summed E-state index contributed by atoms with van der Waals surface area (Å²) in [5.74, 6) is 1.08. The fourth-order valence-corrected chi connectivity index (χ4v) is 1.54. The molecule has 0 aliphatic heterocycles. The van der Waals surface area contributed by atoms with E-state index in [9.17, 15) is 4.79 Å². The Bertz CT molecular complexity index is 381. The Balaban J connectivity index is 2.10. The zero-order valence-corrected chi connectivity index (χ0v) is 11.7. The van der Waals surface area contributed by atoms with Gasteiger partial charge in [0.05, 0.1) is 0 Å². The maximum Gasteiger partial charge on any atom is 0.320 e. The maximum absolute atomic E-state index is 11.5. The van der Waals surface area contributed by atoms with E-state index in [4.69, 9.17) is 9.26 Å². The molecule has 1 aromatic rings. The number of ether oxygens (including phenoxy) is 1. The maximum atomic E-state index is 11.5. The molecule has 2 amide bonds. The molecule has 0 radical (unpaired) electrons. The largest absolute Gasteiger partial charge is 0.385 e. The van der Waals surface area contributed by atoms with Crippen molar-refractivity contribution in [1.82, 2.24) is 15.4 Å². The number of nitrogens with zero attached hydrogens (tertiary/aromatic N) is 2. The topological polar surface area (TPSA) is 79.6 Å². The van der Waals surface area contributed by atoms with Crippen LogP contribution in [-0.4, -0.2) is 56.5 Å². The highest BCUT2D eigenvalue weighted by Crippen LogP contribution is 2.06. The SMILES string of the molecule is COCCCN(C)CCNC(=O)Nc1cc(C)on1. The number of carbonyl (C=O) groups is 1. The summed E-state index contributed by atoms with van der Waals surface area (Å²) in [4.78, 5) is 13.7. The van der Waals surface area contributed by atoms with Crippen molar-refractivity contribution in [2.24, 2.45) is 0 Å². The highest BCUT2D eigenvalue weighted by molar-refractivity contribution is 5.88. The molecule has 1 rings (SSSR count). The quantitative estimate of drug-likeness (QED) is 0.691. The van der Waals surface area contributed by atoms with E-state index in [1.807, 2.05) is 7.05 Å². The number of aryl methyl sites for hydroxylation is 1. The normalized spacial score (nSPS) is 10.7. The summed E-state index contributed by atoms with van der Waals surface area (Å²) in [6.07, 6.45) is 0.984. The van der Waals surface area contributed by atoms with Crippen molar-refractivity contribution in [2.45, 2.75) is 13.3 Å². The van der Waals surface area contributed by atoms with Crippen molar-refractivity contribution in [1.29, 1.82) is 0 Å². The van der Waals surface area contributed by atoms with Crippen molar-refractivity contribution in [2.75, 3.05) is 45.7 Å². The monoisotopic (exact) mass is 270 g/mol. The number of likely N-dealkylation sites (N-methyl/N-ethyl adjacent to an activating group) is 1. The van der Waals surface area contributed by atoms with Gasteiger partial charge in [-0.15, -0.1) is 0 Å². The number of urea groups is 1. The van der Waals surface area contributed by atoms with Crippen LogP contribution in [0, 0.1) is 6.92 Å². The number of methoxy groups -OCH3 is 1. The molecule has 1 heterocycles. The van der Waals surface area contributed by atoms with Gasteiger partial charge in [-0.1, -0.05) is 5.16 Å². The smallest absolute Gasteiger partial charge is 0.320 e. The van der Waals surface area contributed by atoms with Crippen LogP contribution in [-0.2, 0) is 4.74 Å². The van der Waals surface area contributed by atoms with Crippen LogP contribution in [0.5, 0.6) is 0 Å². The number of carbonyl (C=O) groups excluding carboxylic acids is 1. The second-order valence-corrected chi connectivity index (χ2v) is 4.35. The molecule has 0 aliphatic rings. The number of anilines is 1. The van der Waals surface area contributed by atoms with E-state index >= 15 is 0 Å². The van der Waals surface area contributed by atoms with Gasteiger partial charge in [-0.2, -0.15) is 0 Å². The van der Waals surface area contributed by atoms with E-state index in [0.717, 1.165) is 26.1 Å². The van der Waals surface area contributed by atoms with Crippen LogP contribution in [0.2, 0.25) is 0 Å². The summed E-state index contributed by atoms with van der Waals surface area (Å²) in [5.41, 5.74) is 0. The van der Waals surface area contributed by atoms with Crippen molar-refractivity contribution >= 4 is 11.8 Å². The summed E-state index contributed by atoms with van der Waals surface area (Å²) in [5, 5.41) is 9.03. The van der Waals surface area contributed by atoms with Crippen molar-refractivity contribution in [3.05, 3.63) is 11.8 Å². The first kappa shape index (κ1) is 15.5. The summed E-state index contributed by atoms with van der Waals surface area (Å²) in [6, 6.07) is 1.38. The van der Waals surface area contributed by atoms with Crippen LogP contribution in [0.4, 0.5) is 10.6 Å². The Labute approximate surface area is 113 Å². The Kier molecular flexibility index (Phi) is 6.91. The molecule has 0 spiro atoms. The Hall–Kier alpha value is -1.60. The molecular formula is C12H22N4O3. The van der Waals surface area contributed by atoms with Gasteiger partial charge < -0.3 is 19.5 Å². The van der Waals surface area contributed by atoms with Gasteiger partial charge in [0.1, 0.15) is 5.76 Å². The molecule has 19 heavy (non-hydrogen) atoms. The molecule has 7 nitrogen and oxygen atoms in total. The van der Waals surface area contributed by atoms with Crippen LogP contribution in [0.15, 0.2) is 10.6 Å². The van der Waals surface area contributed by atoms with Gasteiger partial charge in [-0.25, -0.2) is 4.79 Å². The number of rotatable bonds is 8. The van der Waals surface area contributed by atoms with Crippen LogP contribution >= 0.6 is 0 Å². The average Bonchev–Trinajstić information content (AvgIpc) is 2.75. The number of aromatic nitrogens is 1. The predicted molar refractivity (Wildman–Crippen MR) is 72.3 cm³/mol. The summed E-state index contributed by atoms with van der Waals surface area (Å²) in [7, 11) is 3.70. The zero-order valence-electron chi connectivity index (χ0n) is 11.7. The Morgan fingerprint density at radius 2 is 2.32 bits per heavy atom. The van der Waals surface area contributed by atoms with E-state index in [1.54, 1.807) is 20.1 Å². The number of nitrogens with one attached hydrogen (secondary N) is 2. The molecule has 1 aromatic heterocycles. The van der Waals surface area contributed by atoms with E-state index in [2.05, 4.69) is 20.7 Å². The zero-order chi connectivity index (χ0) is 14.1. The van der Waals surface area contributed by atoms with E-state index < -0.39 is 0 Å². The minimum atomic E-state index is -0.279.